The monoisotopic (exact) mass is 438 g/mol. The van der Waals surface area contributed by atoms with Crippen LogP contribution in [0, 0.1) is 0 Å². The number of para-hydroxylation sites is 1. The van der Waals surface area contributed by atoms with E-state index in [9.17, 15) is 4.79 Å². The largest absolute Gasteiger partial charge is 0.489 e. The van der Waals surface area contributed by atoms with E-state index in [2.05, 4.69) is 38.3 Å². The topological polar surface area (TPSA) is 50.8 Å². The molecule has 1 aromatic carbocycles. The molecule has 3 rings (SSSR count). The first kappa shape index (κ1) is 20.5. The molecule has 2 aliphatic heterocycles. The molecule has 0 radical (unpaired) electrons. The maximum atomic E-state index is 12.2. The van der Waals surface area contributed by atoms with Crippen LogP contribution in [-0.4, -0.2) is 40.8 Å². The third-order valence-corrected chi connectivity index (χ3v) is 5.76. The van der Waals surface area contributed by atoms with Gasteiger partial charge in [-0.2, -0.15) is 0 Å². The summed E-state index contributed by atoms with van der Waals surface area (Å²) in [5.74, 6) is 0.926. The minimum Gasteiger partial charge on any atom is -0.489 e. The molecule has 1 N–H and O–H groups in total. The van der Waals surface area contributed by atoms with Gasteiger partial charge in [0.05, 0.1) is 10.6 Å². The first-order valence-electron chi connectivity index (χ1n) is 9.83. The van der Waals surface area contributed by atoms with E-state index in [4.69, 9.17) is 9.47 Å². The average molecular weight is 439 g/mol. The van der Waals surface area contributed by atoms with Crippen molar-refractivity contribution in [3.63, 3.8) is 0 Å². The molecule has 1 amide bonds. The van der Waals surface area contributed by atoms with Crippen LogP contribution < -0.4 is 10.1 Å². The molecule has 2 fully saturated rings. The van der Waals surface area contributed by atoms with Crippen molar-refractivity contribution in [1.82, 2.24) is 10.2 Å². The standard InChI is InChI=1S/C21H31BrN2O3/c1-13(2)26-19-14(7-6-8-16(19)22)12-24-15-9-10-18(24)17(11-15)23-20(25)27-21(3,4)5/h6-8,13,15,17-18H,9-12H2,1-5H3,(H,23,25). The number of nitrogens with one attached hydrogen (secondary N) is 1. The fourth-order valence-electron chi connectivity index (χ4n) is 4.20. The molecule has 5 nitrogen and oxygen atoms in total. The van der Waals surface area contributed by atoms with E-state index in [1.165, 1.54) is 12.0 Å². The summed E-state index contributed by atoms with van der Waals surface area (Å²) in [5.41, 5.74) is 0.716. The lowest BCUT2D eigenvalue weighted by atomic mass is 9.96. The number of rotatable bonds is 5. The van der Waals surface area contributed by atoms with Crippen molar-refractivity contribution in [1.29, 1.82) is 0 Å². The highest BCUT2D eigenvalue weighted by atomic mass is 79.9. The average Bonchev–Trinajstić information content (AvgIpc) is 3.05. The number of nitrogens with zero attached hydrogens (tertiary/aromatic N) is 1. The summed E-state index contributed by atoms with van der Waals surface area (Å²) < 4.78 is 12.5. The van der Waals surface area contributed by atoms with Crippen LogP contribution in [0.2, 0.25) is 0 Å². The van der Waals surface area contributed by atoms with Gasteiger partial charge in [0.2, 0.25) is 0 Å². The van der Waals surface area contributed by atoms with Gasteiger partial charge >= 0.3 is 6.09 Å². The smallest absolute Gasteiger partial charge is 0.407 e. The van der Waals surface area contributed by atoms with Gasteiger partial charge in [-0.1, -0.05) is 12.1 Å². The Morgan fingerprint density at radius 1 is 1.33 bits per heavy atom. The van der Waals surface area contributed by atoms with Gasteiger partial charge < -0.3 is 14.8 Å². The van der Waals surface area contributed by atoms with Gasteiger partial charge in [-0.3, -0.25) is 4.90 Å². The number of fused-ring (bicyclic) bond motifs is 2. The van der Waals surface area contributed by atoms with Crippen molar-refractivity contribution in [2.75, 3.05) is 0 Å². The number of ether oxygens (including phenoxy) is 2. The van der Waals surface area contributed by atoms with E-state index in [0.29, 0.717) is 12.1 Å². The van der Waals surface area contributed by atoms with Crippen LogP contribution in [0.4, 0.5) is 4.79 Å². The highest BCUT2D eigenvalue weighted by molar-refractivity contribution is 9.10. The number of carbonyl (C=O) groups is 1. The molecule has 2 aliphatic rings. The van der Waals surface area contributed by atoms with Crippen LogP contribution in [0.5, 0.6) is 5.75 Å². The summed E-state index contributed by atoms with van der Waals surface area (Å²) in [6.07, 6.45) is 3.09. The Morgan fingerprint density at radius 2 is 2.07 bits per heavy atom. The third-order valence-electron chi connectivity index (χ3n) is 5.14. The quantitative estimate of drug-likeness (QED) is 0.712. The van der Waals surface area contributed by atoms with Crippen LogP contribution in [0.15, 0.2) is 22.7 Å². The fourth-order valence-corrected chi connectivity index (χ4v) is 4.70. The van der Waals surface area contributed by atoms with E-state index in [1.54, 1.807) is 0 Å². The van der Waals surface area contributed by atoms with Gasteiger partial charge in [0.25, 0.3) is 0 Å². The van der Waals surface area contributed by atoms with Gasteiger partial charge in [0.1, 0.15) is 11.4 Å². The first-order chi connectivity index (χ1) is 12.6. The van der Waals surface area contributed by atoms with Crippen molar-refractivity contribution in [2.45, 2.75) is 90.3 Å². The molecule has 150 valence electrons. The Kier molecular flexibility index (Phi) is 6.06. The normalized spacial score (nSPS) is 25.1. The number of halogens is 1. The molecule has 3 atom stereocenters. The summed E-state index contributed by atoms with van der Waals surface area (Å²) in [7, 11) is 0. The van der Waals surface area contributed by atoms with Gasteiger partial charge in [-0.25, -0.2) is 4.79 Å². The van der Waals surface area contributed by atoms with Crippen LogP contribution in [0.25, 0.3) is 0 Å². The zero-order valence-electron chi connectivity index (χ0n) is 16.9. The van der Waals surface area contributed by atoms with Gasteiger partial charge in [-0.05, 0) is 75.9 Å². The zero-order valence-corrected chi connectivity index (χ0v) is 18.5. The van der Waals surface area contributed by atoms with Crippen molar-refractivity contribution in [3.05, 3.63) is 28.2 Å². The maximum absolute atomic E-state index is 12.2. The molecule has 0 aromatic heterocycles. The highest BCUT2D eigenvalue weighted by Gasteiger charge is 2.47. The van der Waals surface area contributed by atoms with E-state index in [-0.39, 0.29) is 18.2 Å². The second-order valence-electron chi connectivity index (χ2n) is 8.85. The predicted octanol–water partition coefficient (Wildman–Crippen LogP) is 4.87. The Morgan fingerprint density at radius 3 is 2.74 bits per heavy atom. The predicted molar refractivity (Wildman–Crippen MR) is 110 cm³/mol. The Balaban J connectivity index is 1.69. The van der Waals surface area contributed by atoms with Crippen molar-refractivity contribution in [3.8, 4) is 5.75 Å². The molecule has 2 heterocycles. The number of hydrogen-bond acceptors (Lipinski definition) is 4. The van der Waals surface area contributed by atoms with Crippen molar-refractivity contribution < 1.29 is 14.3 Å². The van der Waals surface area contributed by atoms with E-state index in [0.717, 1.165) is 29.6 Å². The van der Waals surface area contributed by atoms with Crippen LogP contribution in [0.1, 0.15) is 59.4 Å². The number of amides is 1. The first-order valence-corrected chi connectivity index (χ1v) is 10.6. The summed E-state index contributed by atoms with van der Waals surface area (Å²) in [6.45, 7) is 10.6. The molecular formula is C21H31BrN2O3. The summed E-state index contributed by atoms with van der Waals surface area (Å²) in [4.78, 5) is 14.7. The minimum atomic E-state index is -0.471. The molecule has 27 heavy (non-hydrogen) atoms. The molecule has 0 saturated carbocycles. The van der Waals surface area contributed by atoms with E-state index in [1.807, 2.05) is 40.7 Å². The Labute approximate surface area is 170 Å². The molecule has 2 bridgehead atoms. The highest BCUT2D eigenvalue weighted by Crippen LogP contribution is 2.41. The van der Waals surface area contributed by atoms with E-state index >= 15 is 0 Å². The molecule has 0 spiro atoms. The molecule has 2 saturated heterocycles. The fraction of sp³-hybridized carbons (Fsp3) is 0.667. The Hall–Kier alpha value is -1.27. The van der Waals surface area contributed by atoms with Gasteiger partial charge in [-0.15, -0.1) is 0 Å². The van der Waals surface area contributed by atoms with Crippen molar-refractivity contribution >= 4 is 22.0 Å². The van der Waals surface area contributed by atoms with Gasteiger partial charge in [0.15, 0.2) is 0 Å². The number of alkyl carbamates (subject to hydrolysis) is 1. The number of carbonyl (C=O) groups excluding carboxylic acids is 1. The van der Waals surface area contributed by atoms with Crippen molar-refractivity contribution in [2.24, 2.45) is 0 Å². The summed E-state index contributed by atoms with van der Waals surface area (Å²) in [5, 5.41) is 3.10. The number of hydrogen-bond donors (Lipinski definition) is 1. The lowest BCUT2D eigenvalue weighted by Crippen LogP contribution is -2.45. The molecule has 0 aliphatic carbocycles. The Bertz CT molecular complexity index is 686. The zero-order chi connectivity index (χ0) is 19.8. The molecular weight excluding hydrogens is 408 g/mol. The summed E-state index contributed by atoms with van der Waals surface area (Å²) >= 11 is 3.63. The second kappa shape index (κ2) is 8.00. The lowest BCUT2D eigenvalue weighted by Gasteiger charge is -2.27. The van der Waals surface area contributed by atoms with Crippen LogP contribution in [0.3, 0.4) is 0 Å². The van der Waals surface area contributed by atoms with Crippen LogP contribution in [-0.2, 0) is 11.3 Å². The SMILES string of the molecule is CC(C)Oc1c(Br)cccc1CN1C2CCC1C(NC(=O)OC(C)(C)C)C2. The van der Waals surface area contributed by atoms with Gasteiger partial charge in [0, 0.05) is 30.2 Å². The molecule has 3 unspecified atom stereocenters. The number of benzene rings is 1. The lowest BCUT2D eigenvalue weighted by molar-refractivity contribution is 0.0491. The van der Waals surface area contributed by atoms with Crippen LogP contribution >= 0.6 is 15.9 Å². The molecule has 6 heteroatoms. The van der Waals surface area contributed by atoms with E-state index < -0.39 is 5.60 Å². The third kappa shape index (κ3) is 4.96. The second-order valence-corrected chi connectivity index (χ2v) is 9.71. The molecule has 1 aromatic rings. The maximum Gasteiger partial charge on any atom is 0.407 e. The minimum absolute atomic E-state index is 0.124. The summed E-state index contributed by atoms with van der Waals surface area (Å²) in [6, 6.07) is 7.22.